The van der Waals surface area contributed by atoms with Crippen LogP contribution >= 0.6 is 23.2 Å². The lowest BCUT2D eigenvalue weighted by Crippen LogP contribution is -2.20. The minimum atomic E-state index is -1.17. The zero-order chi connectivity index (χ0) is 14.0. The molecule has 6 heteroatoms. The van der Waals surface area contributed by atoms with Crippen LogP contribution in [0.4, 0.5) is 0 Å². The van der Waals surface area contributed by atoms with Gasteiger partial charge in [0.15, 0.2) is 0 Å². The van der Waals surface area contributed by atoms with Crippen molar-refractivity contribution in [3.05, 3.63) is 35.0 Å². The van der Waals surface area contributed by atoms with Gasteiger partial charge >= 0.3 is 0 Å². The lowest BCUT2D eigenvalue weighted by atomic mass is 10.0. The molecule has 1 heterocycles. The molecular weight excluding hydrogens is 289 g/mol. The van der Waals surface area contributed by atoms with Gasteiger partial charge in [-0.1, -0.05) is 11.6 Å². The summed E-state index contributed by atoms with van der Waals surface area (Å²) in [6.45, 7) is 0. The summed E-state index contributed by atoms with van der Waals surface area (Å²) in [5, 5.41) is 20.5. The van der Waals surface area contributed by atoms with E-state index in [1.807, 2.05) is 0 Å². The number of rotatable bonds is 4. The van der Waals surface area contributed by atoms with Crippen LogP contribution in [0.5, 0.6) is 5.75 Å². The molecule has 0 saturated heterocycles. The number of methoxy groups -OCH3 is 1. The summed E-state index contributed by atoms with van der Waals surface area (Å²) < 4.78 is 5.13. The van der Waals surface area contributed by atoms with E-state index < -0.39 is 12.2 Å². The lowest BCUT2D eigenvalue weighted by molar-refractivity contribution is 0.0327. The van der Waals surface area contributed by atoms with Gasteiger partial charge in [0.25, 0.3) is 0 Å². The van der Waals surface area contributed by atoms with Crippen LogP contribution in [-0.2, 0) is 0 Å². The Labute approximate surface area is 120 Å². The van der Waals surface area contributed by atoms with Crippen molar-refractivity contribution in [1.29, 1.82) is 0 Å². The van der Waals surface area contributed by atoms with Gasteiger partial charge in [0.1, 0.15) is 17.0 Å². The van der Waals surface area contributed by atoms with E-state index in [2.05, 4.69) is 4.98 Å². The maximum absolute atomic E-state index is 9.97. The summed E-state index contributed by atoms with van der Waals surface area (Å²) in [5.41, 5.74) is 1.03. The van der Waals surface area contributed by atoms with Crippen LogP contribution in [0.2, 0.25) is 5.15 Å². The summed E-state index contributed by atoms with van der Waals surface area (Å²) in [6.07, 6.45) is -2.27. The largest absolute Gasteiger partial charge is 0.497 e. The summed E-state index contributed by atoms with van der Waals surface area (Å²) in [7, 11) is 1.57. The fraction of sp³-hybridized carbons (Fsp3) is 0.308. The number of aliphatic hydroxyl groups is 2. The van der Waals surface area contributed by atoms with Crippen molar-refractivity contribution in [2.75, 3.05) is 13.0 Å². The average Bonchev–Trinajstić information content (AvgIpc) is 2.44. The van der Waals surface area contributed by atoms with Crippen molar-refractivity contribution in [2.24, 2.45) is 0 Å². The van der Waals surface area contributed by atoms with Crippen molar-refractivity contribution < 1.29 is 14.9 Å². The Morgan fingerprint density at radius 2 is 2.05 bits per heavy atom. The molecule has 2 atom stereocenters. The van der Waals surface area contributed by atoms with Gasteiger partial charge in [-0.15, -0.1) is 11.6 Å². The minimum Gasteiger partial charge on any atom is -0.497 e. The molecule has 0 radical (unpaired) electrons. The molecule has 2 rings (SSSR count). The highest BCUT2D eigenvalue weighted by atomic mass is 35.5. The fourth-order valence-electron chi connectivity index (χ4n) is 1.77. The van der Waals surface area contributed by atoms with E-state index in [0.717, 1.165) is 5.39 Å². The van der Waals surface area contributed by atoms with Crippen LogP contribution in [0, 0.1) is 0 Å². The Bertz CT molecular complexity index is 591. The van der Waals surface area contributed by atoms with E-state index in [-0.39, 0.29) is 11.0 Å². The van der Waals surface area contributed by atoms with Crippen molar-refractivity contribution in [2.45, 2.75) is 12.2 Å². The fourth-order valence-corrected chi connectivity index (χ4v) is 2.20. The number of alkyl halides is 1. The molecule has 2 aromatic rings. The van der Waals surface area contributed by atoms with Crippen molar-refractivity contribution in [1.82, 2.24) is 4.98 Å². The first-order valence-electron chi connectivity index (χ1n) is 5.63. The number of hydrogen-bond donors (Lipinski definition) is 2. The molecule has 0 aliphatic heterocycles. The zero-order valence-corrected chi connectivity index (χ0v) is 11.7. The molecule has 0 aliphatic rings. The average molecular weight is 302 g/mol. The van der Waals surface area contributed by atoms with Gasteiger partial charge in [-0.25, -0.2) is 4.98 Å². The molecule has 0 saturated carbocycles. The molecular formula is C13H13Cl2NO3. The lowest BCUT2D eigenvalue weighted by Gasteiger charge is -2.17. The number of aliphatic hydroxyl groups excluding tert-OH is 2. The number of benzene rings is 1. The van der Waals surface area contributed by atoms with E-state index in [1.54, 1.807) is 31.4 Å². The van der Waals surface area contributed by atoms with Gasteiger partial charge in [-0.3, -0.25) is 0 Å². The Balaban J connectivity index is 2.52. The minimum absolute atomic E-state index is 0.0896. The number of halogens is 2. The van der Waals surface area contributed by atoms with E-state index in [1.165, 1.54) is 0 Å². The number of aromatic nitrogens is 1. The quantitative estimate of drug-likeness (QED) is 0.673. The topological polar surface area (TPSA) is 62.6 Å². The van der Waals surface area contributed by atoms with Gasteiger partial charge in [-0.05, 0) is 24.3 Å². The standard InChI is InChI=1S/C13H13Cl2NO3/c1-19-8-2-3-10-7(4-8)5-9(13(15)16-10)12(18)11(17)6-14/h2-5,11-12,17-18H,6H2,1H3. The highest BCUT2D eigenvalue weighted by Gasteiger charge is 2.21. The molecule has 0 aliphatic carbocycles. The van der Waals surface area contributed by atoms with Crippen molar-refractivity contribution >= 4 is 34.1 Å². The van der Waals surface area contributed by atoms with E-state index in [0.29, 0.717) is 16.8 Å². The molecule has 4 nitrogen and oxygen atoms in total. The van der Waals surface area contributed by atoms with Crippen molar-refractivity contribution in [3.63, 3.8) is 0 Å². The van der Waals surface area contributed by atoms with E-state index in [4.69, 9.17) is 27.9 Å². The van der Waals surface area contributed by atoms with E-state index in [9.17, 15) is 10.2 Å². The van der Waals surface area contributed by atoms with E-state index >= 15 is 0 Å². The molecule has 0 bridgehead atoms. The second-order valence-electron chi connectivity index (χ2n) is 4.09. The second-order valence-corrected chi connectivity index (χ2v) is 4.76. The Morgan fingerprint density at radius 1 is 1.32 bits per heavy atom. The summed E-state index contributed by atoms with van der Waals surface area (Å²) >= 11 is 11.5. The first-order chi connectivity index (χ1) is 9.06. The molecule has 0 amide bonds. The molecule has 0 spiro atoms. The monoisotopic (exact) mass is 301 g/mol. The summed E-state index contributed by atoms with van der Waals surface area (Å²) in [5.74, 6) is 0.586. The number of hydrogen-bond acceptors (Lipinski definition) is 4. The predicted molar refractivity (Wildman–Crippen MR) is 75.0 cm³/mol. The maximum Gasteiger partial charge on any atom is 0.135 e. The van der Waals surface area contributed by atoms with Crippen LogP contribution in [0.1, 0.15) is 11.7 Å². The Kier molecular flexibility index (Phi) is 4.47. The third-order valence-corrected chi connectivity index (χ3v) is 3.46. The predicted octanol–water partition coefficient (Wildman–Crippen LogP) is 2.53. The number of pyridine rings is 1. The molecule has 1 aromatic carbocycles. The second kappa shape index (κ2) is 5.92. The highest BCUT2D eigenvalue weighted by Crippen LogP contribution is 2.29. The highest BCUT2D eigenvalue weighted by molar-refractivity contribution is 6.30. The summed E-state index contributed by atoms with van der Waals surface area (Å²) in [6, 6.07) is 7.00. The number of fused-ring (bicyclic) bond motifs is 1. The summed E-state index contributed by atoms with van der Waals surface area (Å²) in [4.78, 5) is 4.18. The van der Waals surface area contributed by atoms with Crippen LogP contribution in [0.3, 0.4) is 0 Å². The molecule has 0 fully saturated rings. The SMILES string of the molecule is COc1ccc2nc(Cl)c(C(O)C(O)CCl)cc2c1. The number of ether oxygens (including phenoxy) is 1. The maximum atomic E-state index is 9.97. The third-order valence-electron chi connectivity index (χ3n) is 2.84. The van der Waals surface area contributed by atoms with Crippen LogP contribution < -0.4 is 4.74 Å². The van der Waals surface area contributed by atoms with Crippen LogP contribution in [0.25, 0.3) is 10.9 Å². The first kappa shape index (κ1) is 14.3. The molecule has 2 N–H and O–H groups in total. The molecule has 2 unspecified atom stereocenters. The smallest absolute Gasteiger partial charge is 0.135 e. The van der Waals surface area contributed by atoms with Gasteiger partial charge in [-0.2, -0.15) is 0 Å². The molecule has 1 aromatic heterocycles. The van der Waals surface area contributed by atoms with Gasteiger partial charge < -0.3 is 14.9 Å². The van der Waals surface area contributed by atoms with Crippen LogP contribution in [-0.4, -0.2) is 34.3 Å². The first-order valence-corrected chi connectivity index (χ1v) is 6.54. The van der Waals surface area contributed by atoms with Gasteiger partial charge in [0, 0.05) is 10.9 Å². The zero-order valence-electron chi connectivity index (χ0n) is 10.2. The van der Waals surface area contributed by atoms with Crippen molar-refractivity contribution in [3.8, 4) is 5.75 Å². The van der Waals surface area contributed by atoms with Gasteiger partial charge in [0.2, 0.25) is 0 Å². The Morgan fingerprint density at radius 3 is 2.68 bits per heavy atom. The Hall–Kier alpha value is -1.07. The van der Waals surface area contributed by atoms with Gasteiger partial charge in [0.05, 0.1) is 24.6 Å². The normalized spacial score (nSPS) is 14.4. The third kappa shape index (κ3) is 2.92. The molecule has 19 heavy (non-hydrogen) atoms. The van der Waals surface area contributed by atoms with Crippen LogP contribution in [0.15, 0.2) is 24.3 Å². The number of nitrogens with zero attached hydrogens (tertiary/aromatic N) is 1. The molecule has 102 valence electrons.